The molecule has 3 N–H and O–H groups in total. The van der Waals surface area contributed by atoms with Crippen LogP contribution in [0.5, 0.6) is 5.75 Å². The van der Waals surface area contributed by atoms with Crippen LogP contribution in [0.3, 0.4) is 0 Å². The van der Waals surface area contributed by atoms with Crippen LogP contribution in [0.25, 0.3) is 11.1 Å². The predicted molar refractivity (Wildman–Crippen MR) is 90.2 cm³/mol. The van der Waals surface area contributed by atoms with Gasteiger partial charge in [-0.3, -0.25) is 0 Å². The van der Waals surface area contributed by atoms with Gasteiger partial charge in [0.25, 0.3) is 0 Å². The van der Waals surface area contributed by atoms with Crippen molar-refractivity contribution in [1.29, 1.82) is 0 Å². The van der Waals surface area contributed by atoms with E-state index in [1.54, 1.807) is 24.3 Å². The summed E-state index contributed by atoms with van der Waals surface area (Å²) in [4.78, 5) is 11.0. The van der Waals surface area contributed by atoms with Gasteiger partial charge in [-0.05, 0) is 35.4 Å². The summed E-state index contributed by atoms with van der Waals surface area (Å²) in [5.41, 5.74) is 1.61. The molecular weight excluding hydrogens is 389 g/mol. The van der Waals surface area contributed by atoms with Crippen molar-refractivity contribution in [1.82, 2.24) is 15.4 Å². The molecule has 2 aromatic carbocycles. The maximum atomic E-state index is 12.3. The molecule has 0 radical (unpaired) electrons. The van der Waals surface area contributed by atoms with Crippen molar-refractivity contribution in [3.05, 3.63) is 53.2 Å². The van der Waals surface area contributed by atoms with Gasteiger partial charge < -0.3 is 15.2 Å². The molecule has 0 amide bonds. The number of carbonyl (C=O) groups is 1. The number of carboxylic acids is 1. The molecule has 3 rings (SSSR count). The van der Waals surface area contributed by atoms with Crippen molar-refractivity contribution in [2.24, 2.45) is 0 Å². The Morgan fingerprint density at radius 3 is 2.41 bits per heavy atom. The molecule has 1 heterocycles. The number of H-pyrrole nitrogens is 1. The van der Waals surface area contributed by atoms with E-state index < -0.39 is 18.1 Å². The predicted octanol–water partition coefficient (Wildman–Crippen LogP) is 4.47. The zero-order valence-corrected chi connectivity index (χ0v) is 14.0. The van der Waals surface area contributed by atoms with Crippen LogP contribution >= 0.6 is 11.6 Å². The van der Waals surface area contributed by atoms with E-state index in [2.05, 4.69) is 25.5 Å². The first-order valence-electron chi connectivity index (χ1n) is 7.30. The number of nitrogens with zero attached hydrogens (tertiary/aromatic N) is 2. The number of rotatable bonds is 5. The smallest absolute Gasteiger partial charge is 0.476 e. The maximum absolute atomic E-state index is 12.3. The summed E-state index contributed by atoms with van der Waals surface area (Å²) in [7, 11) is 0. The highest BCUT2D eigenvalue weighted by Gasteiger charge is 2.32. The number of aromatic nitrogens is 3. The molecule has 7 nitrogen and oxygen atoms in total. The van der Waals surface area contributed by atoms with Crippen molar-refractivity contribution in [2.45, 2.75) is 6.36 Å². The van der Waals surface area contributed by atoms with E-state index in [1.807, 2.05) is 0 Å². The van der Waals surface area contributed by atoms with E-state index in [-0.39, 0.29) is 16.5 Å². The number of nitrogens with one attached hydrogen (secondary N) is 2. The SMILES string of the molecule is O=C(O)c1[nH]nnc1Nc1ccc(-c2ccc(OC(F)(F)F)c(Cl)c2)cc1. The highest BCUT2D eigenvalue weighted by Crippen LogP contribution is 2.34. The van der Waals surface area contributed by atoms with Gasteiger partial charge in [-0.1, -0.05) is 35.0 Å². The highest BCUT2D eigenvalue weighted by molar-refractivity contribution is 6.32. The minimum Gasteiger partial charge on any atom is -0.476 e. The van der Waals surface area contributed by atoms with E-state index in [4.69, 9.17) is 16.7 Å². The molecule has 1 aromatic heterocycles. The van der Waals surface area contributed by atoms with Gasteiger partial charge in [0, 0.05) is 5.69 Å². The molecule has 11 heteroatoms. The van der Waals surface area contributed by atoms with Crippen LogP contribution in [0.4, 0.5) is 24.7 Å². The number of aromatic carboxylic acids is 1. The van der Waals surface area contributed by atoms with E-state index >= 15 is 0 Å². The Kier molecular flexibility index (Phi) is 4.91. The summed E-state index contributed by atoms with van der Waals surface area (Å²) in [6.07, 6.45) is -4.83. The molecule has 140 valence electrons. The van der Waals surface area contributed by atoms with Gasteiger partial charge in [0.05, 0.1) is 5.02 Å². The van der Waals surface area contributed by atoms with Crippen LogP contribution in [-0.4, -0.2) is 32.8 Å². The third-order valence-electron chi connectivity index (χ3n) is 3.40. The van der Waals surface area contributed by atoms with Gasteiger partial charge in [-0.25, -0.2) is 9.89 Å². The zero-order chi connectivity index (χ0) is 19.6. The Labute approximate surface area is 154 Å². The number of ether oxygens (including phenoxy) is 1. The summed E-state index contributed by atoms with van der Waals surface area (Å²) in [6.45, 7) is 0. The summed E-state index contributed by atoms with van der Waals surface area (Å²) in [5.74, 6) is -1.65. The molecular formula is C16H10ClF3N4O3. The maximum Gasteiger partial charge on any atom is 0.573 e. The summed E-state index contributed by atoms with van der Waals surface area (Å²) >= 11 is 5.85. The van der Waals surface area contributed by atoms with Crippen LogP contribution in [0.15, 0.2) is 42.5 Å². The molecule has 0 spiro atoms. The third-order valence-corrected chi connectivity index (χ3v) is 3.70. The van der Waals surface area contributed by atoms with Gasteiger partial charge in [0.1, 0.15) is 5.75 Å². The number of anilines is 2. The number of alkyl halides is 3. The first kappa shape index (κ1) is 18.5. The van der Waals surface area contributed by atoms with E-state index in [9.17, 15) is 18.0 Å². The third kappa shape index (κ3) is 4.47. The lowest BCUT2D eigenvalue weighted by atomic mass is 10.1. The molecule has 0 aliphatic carbocycles. The quantitative estimate of drug-likeness (QED) is 0.586. The zero-order valence-electron chi connectivity index (χ0n) is 13.2. The molecule has 0 atom stereocenters. The summed E-state index contributed by atoms with van der Waals surface area (Å²) < 4.78 is 40.7. The minimum absolute atomic E-state index is 0.0481. The molecule has 0 saturated heterocycles. The second-order valence-electron chi connectivity index (χ2n) is 5.24. The van der Waals surface area contributed by atoms with E-state index in [1.165, 1.54) is 12.1 Å². The summed E-state index contributed by atoms with van der Waals surface area (Å²) in [6, 6.07) is 10.6. The minimum atomic E-state index is -4.83. The number of aromatic amines is 1. The Morgan fingerprint density at radius 1 is 1.15 bits per heavy atom. The van der Waals surface area contributed by atoms with Crippen LogP contribution in [0.2, 0.25) is 5.02 Å². The number of hydrogen-bond acceptors (Lipinski definition) is 5. The Morgan fingerprint density at radius 2 is 1.81 bits per heavy atom. The lowest BCUT2D eigenvalue weighted by Crippen LogP contribution is -2.17. The van der Waals surface area contributed by atoms with Crippen LogP contribution in [0.1, 0.15) is 10.5 Å². The number of carboxylic acid groups (broad SMARTS) is 1. The van der Waals surface area contributed by atoms with E-state index in [0.29, 0.717) is 16.8 Å². The number of benzene rings is 2. The van der Waals surface area contributed by atoms with Crippen molar-refractivity contribution >= 4 is 29.1 Å². The molecule has 0 saturated carbocycles. The van der Waals surface area contributed by atoms with E-state index in [0.717, 1.165) is 6.07 Å². The normalized spacial score (nSPS) is 11.3. The van der Waals surface area contributed by atoms with Gasteiger partial charge in [-0.15, -0.1) is 18.3 Å². The molecule has 0 aliphatic rings. The molecule has 0 fully saturated rings. The average molecular weight is 399 g/mol. The van der Waals surface area contributed by atoms with Crippen molar-refractivity contribution in [3.8, 4) is 16.9 Å². The Bertz CT molecular complexity index is 974. The first-order valence-corrected chi connectivity index (χ1v) is 7.68. The Hall–Kier alpha value is -3.27. The first-order chi connectivity index (χ1) is 12.7. The summed E-state index contributed by atoms with van der Waals surface area (Å²) in [5, 5.41) is 20.9. The highest BCUT2D eigenvalue weighted by atomic mass is 35.5. The fraction of sp³-hybridized carbons (Fsp3) is 0.0625. The van der Waals surface area contributed by atoms with Crippen LogP contribution in [-0.2, 0) is 0 Å². The van der Waals surface area contributed by atoms with Gasteiger partial charge >= 0.3 is 12.3 Å². The van der Waals surface area contributed by atoms with Gasteiger partial charge in [0.15, 0.2) is 11.5 Å². The largest absolute Gasteiger partial charge is 0.573 e. The lowest BCUT2D eigenvalue weighted by Gasteiger charge is -2.12. The number of halogens is 4. The molecule has 0 aliphatic heterocycles. The topological polar surface area (TPSA) is 100 Å². The van der Waals surface area contributed by atoms with Crippen molar-refractivity contribution in [3.63, 3.8) is 0 Å². The monoisotopic (exact) mass is 398 g/mol. The average Bonchev–Trinajstić information content (AvgIpc) is 3.05. The van der Waals surface area contributed by atoms with Crippen LogP contribution in [0, 0.1) is 0 Å². The molecule has 0 bridgehead atoms. The fourth-order valence-electron chi connectivity index (χ4n) is 2.24. The number of hydrogen-bond donors (Lipinski definition) is 3. The fourth-order valence-corrected chi connectivity index (χ4v) is 2.45. The second kappa shape index (κ2) is 7.16. The Balaban J connectivity index is 1.78. The van der Waals surface area contributed by atoms with Crippen molar-refractivity contribution in [2.75, 3.05) is 5.32 Å². The molecule has 27 heavy (non-hydrogen) atoms. The second-order valence-corrected chi connectivity index (χ2v) is 5.64. The molecule has 0 unspecified atom stereocenters. The van der Waals surface area contributed by atoms with Gasteiger partial charge in [0.2, 0.25) is 0 Å². The van der Waals surface area contributed by atoms with Crippen LogP contribution < -0.4 is 10.1 Å². The van der Waals surface area contributed by atoms with Gasteiger partial charge in [-0.2, -0.15) is 0 Å². The standard InChI is InChI=1S/C16H10ClF3N4O3/c17-11-7-9(3-6-12(11)27-16(18,19)20)8-1-4-10(5-2-8)21-14-13(15(25)26)22-24-23-14/h1-7H,(H,25,26)(H2,21,22,23,24). The molecule has 3 aromatic rings. The lowest BCUT2D eigenvalue weighted by molar-refractivity contribution is -0.274. The van der Waals surface area contributed by atoms with Crippen molar-refractivity contribution < 1.29 is 27.8 Å².